The van der Waals surface area contributed by atoms with Crippen molar-refractivity contribution in [3.63, 3.8) is 0 Å². The number of hydrogen-bond acceptors (Lipinski definition) is 4. The van der Waals surface area contributed by atoms with Gasteiger partial charge < -0.3 is 0 Å². The van der Waals surface area contributed by atoms with Gasteiger partial charge in [0.25, 0.3) is 0 Å². The Bertz CT molecular complexity index is 602. The van der Waals surface area contributed by atoms with E-state index in [2.05, 4.69) is 9.97 Å². The zero-order valence-electron chi connectivity index (χ0n) is 11.0. The number of rotatable bonds is 5. The van der Waals surface area contributed by atoms with Crippen LogP contribution in [0.4, 0.5) is 13.2 Å². The fourth-order valence-electron chi connectivity index (χ4n) is 2.01. The van der Waals surface area contributed by atoms with Gasteiger partial charge in [0.2, 0.25) is 15.3 Å². The SMILES string of the molecule is CC(C1CC1)N(CC(F)(F)F)S(=O)(=O)c1cnc(Cl)nc1. The van der Waals surface area contributed by atoms with Crippen LogP contribution in [0, 0.1) is 5.92 Å². The lowest BCUT2D eigenvalue weighted by Crippen LogP contribution is -2.45. The van der Waals surface area contributed by atoms with E-state index in [1.54, 1.807) is 0 Å². The highest BCUT2D eigenvalue weighted by Gasteiger charge is 2.44. The fourth-order valence-corrected chi connectivity index (χ4v) is 3.67. The average Bonchev–Trinajstić information content (AvgIpc) is 3.18. The summed E-state index contributed by atoms with van der Waals surface area (Å²) in [5, 5.41) is -0.174. The quantitative estimate of drug-likeness (QED) is 0.770. The van der Waals surface area contributed by atoms with Crippen LogP contribution >= 0.6 is 11.6 Å². The number of hydrogen-bond donors (Lipinski definition) is 0. The Balaban J connectivity index is 2.35. The van der Waals surface area contributed by atoms with Gasteiger partial charge >= 0.3 is 6.18 Å². The maximum Gasteiger partial charge on any atom is 0.402 e. The molecule has 2 rings (SSSR count). The Morgan fingerprint density at radius 2 is 1.90 bits per heavy atom. The number of halogens is 4. The van der Waals surface area contributed by atoms with Gasteiger partial charge in [-0.1, -0.05) is 0 Å². The third-order valence-electron chi connectivity index (χ3n) is 3.30. The molecule has 1 unspecified atom stereocenters. The summed E-state index contributed by atoms with van der Waals surface area (Å²) in [5.41, 5.74) is 0. The third kappa shape index (κ3) is 4.04. The molecule has 10 heteroatoms. The largest absolute Gasteiger partial charge is 0.402 e. The molecule has 1 fully saturated rings. The van der Waals surface area contributed by atoms with Crippen LogP contribution in [0.3, 0.4) is 0 Å². The molecule has 1 atom stereocenters. The first-order valence-corrected chi connectivity index (χ1v) is 7.99. The highest BCUT2D eigenvalue weighted by Crippen LogP contribution is 2.38. The van der Waals surface area contributed by atoms with Gasteiger partial charge in [-0.3, -0.25) is 0 Å². The Labute approximate surface area is 125 Å². The Morgan fingerprint density at radius 1 is 1.38 bits per heavy atom. The van der Waals surface area contributed by atoms with Crippen molar-refractivity contribution in [2.45, 2.75) is 36.9 Å². The molecule has 1 aromatic heterocycles. The van der Waals surface area contributed by atoms with E-state index in [1.165, 1.54) is 6.92 Å². The normalized spacial score (nSPS) is 18.0. The predicted molar refractivity (Wildman–Crippen MR) is 69.2 cm³/mol. The number of alkyl halides is 3. The van der Waals surface area contributed by atoms with Crippen molar-refractivity contribution in [3.05, 3.63) is 17.7 Å². The Morgan fingerprint density at radius 3 is 2.33 bits per heavy atom. The third-order valence-corrected chi connectivity index (χ3v) is 5.38. The van der Waals surface area contributed by atoms with Crippen molar-refractivity contribution in [1.82, 2.24) is 14.3 Å². The van der Waals surface area contributed by atoms with Gasteiger partial charge in [0.05, 0.1) is 12.4 Å². The molecule has 1 heterocycles. The summed E-state index contributed by atoms with van der Waals surface area (Å²) < 4.78 is 63.4. The minimum atomic E-state index is -4.62. The maximum atomic E-state index is 12.7. The lowest BCUT2D eigenvalue weighted by Gasteiger charge is -2.29. The average molecular weight is 344 g/mol. The molecule has 1 saturated carbocycles. The first-order chi connectivity index (χ1) is 9.61. The summed E-state index contributed by atoms with van der Waals surface area (Å²) in [4.78, 5) is 6.62. The smallest absolute Gasteiger partial charge is 0.225 e. The summed E-state index contributed by atoms with van der Waals surface area (Å²) in [5.74, 6) is -0.0460. The van der Waals surface area contributed by atoms with Crippen molar-refractivity contribution >= 4 is 21.6 Å². The van der Waals surface area contributed by atoms with Crippen LogP contribution in [-0.2, 0) is 10.0 Å². The van der Waals surface area contributed by atoms with Gasteiger partial charge in [-0.2, -0.15) is 17.5 Å². The van der Waals surface area contributed by atoms with Gasteiger partial charge in [0.1, 0.15) is 11.4 Å². The van der Waals surface area contributed by atoms with Crippen LogP contribution in [0.5, 0.6) is 0 Å². The second-order valence-corrected chi connectivity index (χ2v) is 7.16. The summed E-state index contributed by atoms with van der Waals surface area (Å²) in [6.45, 7) is -0.0483. The second kappa shape index (κ2) is 5.69. The maximum absolute atomic E-state index is 12.7. The fraction of sp³-hybridized carbons (Fsp3) is 0.636. The van der Waals surface area contributed by atoms with Gasteiger partial charge in [-0.25, -0.2) is 18.4 Å². The zero-order valence-corrected chi connectivity index (χ0v) is 12.6. The molecule has 0 aliphatic heterocycles. The molecule has 1 aliphatic carbocycles. The first-order valence-electron chi connectivity index (χ1n) is 6.17. The van der Waals surface area contributed by atoms with E-state index in [0.29, 0.717) is 4.31 Å². The van der Waals surface area contributed by atoms with Crippen LogP contribution in [-0.4, -0.2) is 41.5 Å². The number of nitrogens with zero attached hydrogens (tertiary/aromatic N) is 3. The molecule has 0 radical (unpaired) electrons. The van der Waals surface area contributed by atoms with Crippen LogP contribution in [0.15, 0.2) is 17.3 Å². The van der Waals surface area contributed by atoms with Gasteiger partial charge in [-0.05, 0) is 37.3 Å². The minimum Gasteiger partial charge on any atom is -0.225 e. The summed E-state index contributed by atoms with van der Waals surface area (Å²) in [6, 6.07) is -0.729. The predicted octanol–water partition coefficient (Wildman–Crippen LogP) is 2.48. The standard InChI is InChI=1S/C11H13ClF3N3O2S/c1-7(8-2-3-8)18(6-11(13,14)15)21(19,20)9-4-16-10(12)17-5-9/h4-5,7-8H,2-3,6H2,1H3. The molecular formula is C11H13ClF3N3O2S. The van der Waals surface area contributed by atoms with Gasteiger partial charge in [0, 0.05) is 6.04 Å². The highest BCUT2D eigenvalue weighted by atomic mass is 35.5. The molecule has 1 aromatic rings. The van der Waals surface area contributed by atoms with Crippen molar-refractivity contribution in [1.29, 1.82) is 0 Å². The number of aromatic nitrogens is 2. The summed E-state index contributed by atoms with van der Waals surface area (Å²) in [7, 11) is -4.33. The van der Waals surface area contributed by atoms with E-state index in [9.17, 15) is 21.6 Å². The van der Waals surface area contributed by atoms with Crippen molar-refractivity contribution in [3.8, 4) is 0 Å². The van der Waals surface area contributed by atoms with E-state index in [1.807, 2.05) is 0 Å². The Hall–Kier alpha value is -0.930. The monoisotopic (exact) mass is 343 g/mol. The molecule has 5 nitrogen and oxygen atoms in total. The molecule has 0 aromatic carbocycles. The van der Waals surface area contributed by atoms with Crippen molar-refractivity contribution < 1.29 is 21.6 Å². The van der Waals surface area contributed by atoms with E-state index in [0.717, 1.165) is 25.2 Å². The number of sulfonamides is 1. The lowest BCUT2D eigenvalue weighted by atomic mass is 10.2. The molecule has 0 bridgehead atoms. The molecule has 1 aliphatic rings. The van der Waals surface area contributed by atoms with Gasteiger partial charge in [0.15, 0.2) is 0 Å². The molecule has 0 spiro atoms. The van der Waals surface area contributed by atoms with Crippen molar-refractivity contribution in [2.24, 2.45) is 5.92 Å². The molecule has 0 N–H and O–H groups in total. The highest BCUT2D eigenvalue weighted by molar-refractivity contribution is 7.89. The van der Waals surface area contributed by atoms with E-state index < -0.39 is 33.7 Å². The molecule has 118 valence electrons. The van der Waals surface area contributed by atoms with Crippen LogP contribution in [0.1, 0.15) is 19.8 Å². The minimum absolute atomic E-state index is 0.0460. The van der Waals surface area contributed by atoms with E-state index in [-0.39, 0.29) is 11.2 Å². The Kier molecular flexibility index (Phi) is 4.46. The van der Waals surface area contributed by atoms with E-state index >= 15 is 0 Å². The lowest BCUT2D eigenvalue weighted by molar-refractivity contribution is -0.139. The van der Waals surface area contributed by atoms with Gasteiger partial charge in [-0.15, -0.1) is 0 Å². The zero-order chi connectivity index (χ0) is 15.8. The molecule has 0 amide bonds. The van der Waals surface area contributed by atoms with Crippen LogP contribution in [0.25, 0.3) is 0 Å². The first kappa shape index (κ1) is 16.4. The molecule has 0 saturated heterocycles. The molecular weight excluding hydrogens is 331 g/mol. The van der Waals surface area contributed by atoms with Crippen LogP contribution in [0.2, 0.25) is 5.28 Å². The van der Waals surface area contributed by atoms with Crippen molar-refractivity contribution in [2.75, 3.05) is 6.54 Å². The van der Waals surface area contributed by atoms with E-state index in [4.69, 9.17) is 11.6 Å². The molecule has 21 heavy (non-hydrogen) atoms. The second-order valence-electron chi connectivity index (χ2n) is 4.93. The summed E-state index contributed by atoms with van der Waals surface area (Å²) in [6.07, 6.45) is -1.35. The van der Waals surface area contributed by atoms with Crippen LogP contribution < -0.4 is 0 Å². The topological polar surface area (TPSA) is 63.2 Å². The summed E-state index contributed by atoms with van der Waals surface area (Å²) >= 11 is 5.46.